The second kappa shape index (κ2) is 6.70. The molecule has 1 aliphatic rings. The highest BCUT2D eigenvalue weighted by Gasteiger charge is 2.21. The van der Waals surface area contributed by atoms with Crippen molar-refractivity contribution in [3.05, 3.63) is 35.4 Å². The van der Waals surface area contributed by atoms with Gasteiger partial charge in [0.15, 0.2) is 0 Å². The molecule has 16 heavy (non-hydrogen) atoms. The first-order valence-corrected chi connectivity index (χ1v) is 6.54. The average Bonchev–Trinajstić information content (AvgIpc) is 2.34. The van der Waals surface area contributed by atoms with Gasteiger partial charge < -0.3 is 5.32 Å². The van der Waals surface area contributed by atoms with Crippen molar-refractivity contribution in [3.63, 3.8) is 0 Å². The first-order valence-electron chi connectivity index (χ1n) is 6.54. The van der Waals surface area contributed by atoms with Crippen LogP contribution in [0.1, 0.15) is 44.2 Å². The van der Waals surface area contributed by atoms with E-state index in [9.17, 15) is 0 Å². The second-order valence-corrected chi connectivity index (χ2v) is 4.49. The van der Waals surface area contributed by atoms with E-state index in [1.54, 1.807) is 0 Å². The third-order valence-electron chi connectivity index (χ3n) is 3.29. The predicted octanol–water partition coefficient (Wildman–Crippen LogP) is 3.73. The lowest BCUT2D eigenvalue weighted by atomic mass is 9.82. The summed E-state index contributed by atoms with van der Waals surface area (Å²) >= 11 is 0. The van der Waals surface area contributed by atoms with E-state index >= 15 is 0 Å². The van der Waals surface area contributed by atoms with Crippen molar-refractivity contribution in [1.29, 1.82) is 0 Å². The number of benzene rings is 1. The van der Waals surface area contributed by atoms with Crippen LogP contribution in [0.5, 0.6) is 0 Å². The fourth-order valence-corrected chi connectivity index (χ4v) is 2.32. The van der Waals surface area contributed by atoms with Crippen LogP contribution in [0.25, 0.3) is 0 Å². The molecule has 1 heterocycles. The van der Waals surface area contributed by atoms with Crippen LogP contribution in [-0.4, -0.2) is 13.1 Å². The highest BCUT2D eigenvalue weighted by atomic mass is 14.9. The molecule has 1 heteroatoms. The number of hydrogen-bond donors (Lipinski definition) is 1. The molecule has 1 N–H and O–H groups in total. The molecule has 0 bridgehead atoms. The number of rotatable bonds is 1. The van der Waals surface area contributed by atoms with Crippen molar-refractivity contribution in [2.45, 2.75) is 40.0 Å². The van der Waals surface area contributed by atoms with Crippen molar-refractivity contribution in [2.24, 2.45) is 5.92 Å². The lowest BCUT2D eigenvalue weighted by Gasteiger charge is -2.29. The Morgan fingerprint density at radius 1 is 1.12 bits per heavy atom. The molecule has 0 saturated carbocycles. The zero-order valence-corrected chi connectivity index (χ0v) is 11.1. The fraction of sp³-hybridized carbons (Fsp3) is 0.600. The summed E-state index contributed by atoms with van der Waals surface area (Å²) in [5.74, 6) is 1.53. The molecule has 1 saturated heterocycles. The first-order chi connectivity index (χ1) is 7.77. The molecule has 90 valence electrons. The number of piperidine rings is 1. The van der Waals surface area contributed by atoms with Crippen molar-refractivity contribution in [1.82, 2.24) is 5.32 Å². The topological polar surface area (TPSA) is 12.0 Å². The number of hydrogen-bond acceptors (Lipinski definition) is 1. The van der Waals surface area contributed by atoms with E-state index < -0.39 is 0 Å². The molecule has 2 rings (SSSR count). The van der Waals surface area contributed by atoms with E-state index in [1.165, 1.54) is 30.6 Å². The Morgan fingerprint density at radius 3 is 2.31 bits per heavy atom. The van der Waals surface area contributed by atoms with Crippen LogP contribution in [0, 0.1) is 12.8 Å². The standard InChI is InChI=1S/C13H19N.C2H6/c1-10-3-5-12(6-4-10)13-7-8-14-9-11(13)2;1-2/h3-6,11,13-14H,7-9H2,1-2H3;1-2H3. The van der Waals surface area contributed by atoms with E-state index in [4.69, 9.17) is 0 Å². The molecule has 0 amide bonds. The van der Waals surface area contributed by atoms with E-state index in [2.05, 4.69) is 43.4 Å². The zero-order chi connectivity index (χ0) is 12.0. The normalized spacial score (nSPS) is 24.5. The van der Waals surface area contributed by atoms with Gasteiger partial charge in [-0.05, 0) is 43.8 Å². The molecule has 2 unspecified atom stereocenters. The van der Waals surface area contributed by atoms with Gasteiger partial charge in [-0.2, -0.15) is 0 Å². The van der Waals surface area contributed by atoms with E-state index in [0.29, 0.717) is 0 Å². The predicted molar refractivity (Wildman–Crippen MR) is 71.9 cm³/mol. The van der Waals surface area contributed by atoms with Gasteiger partial charge in [-0.1, -0.05) is 50.6 Å². The Hall–Kier alpha value is -0.820. The Morgan fingerprint density at radius 2 is 1.75 bits per heavy atom. The van der Waals surface area contributed by atoms with Gasteiger partial charge in [-0.25, -0.2) is 0 Å². The summed E-state index contributed by atoms with van der Waals surface area (Å²) < 4.78 is 0. The third kappa shape index (κ3) is 3.34. The van der Waals surface area contributed by atoms with Gasteiger partial charge in [0.25, 0.3) is 0 Å². The van der Waals surface area contributed by atoms with Crippen LogP contribution in [-0.2, 0) is 0 Å². The lowest BCUT2D eigenvalue weighted by Crippen LogP contribution is -2.33. The maximum atomic E-state index is 3.45. The molecule has 1 fully saturated rings. The highest BCUT2D eigenvalue weighted by molar-refractivity contribution is 5.25. The van der Waals surface area contributed by atoms with Crippen LogP contribution in [0.2, 0.25) is 0 Å². The molecule has 1 aliphatic heterocycles. The van der Waals surface area contributed by atoms with Crippen molar-refractivity contribution in [2.75, 3.05) is 13.1 Å². The van der Waals surface area contributed by atoms with Gasteiger partial charge in [-0.15, -0.1) is 0 Å². The van der Waals surface area contributed by atoms with Crippen molar-refractivity contribution >= 4 is 0 Å². The minimum Gasteiger partial charge on any atom is -0.316 e. The molecule has 0 aliphatic carbocycles. The molecule has 0 radical (unpaired) electrons. The maximum Gasteiger partial charge on any atom is -0.00173 e. The van der Waals surface area contributed by atoms with Crippen molar-refractivity contribution in [3.8, 4) is 0 Å². The fourth-order valence-electron chi connectivity index (χ4n) is 2.32. The highest BCUT2D eigenvalue weighted by Crippen LogP contribution is 2.29. The summed E-state index contributed by atoms with van der Waals surface area (Å²) in [4.78, 5) is 0. The molecule has 0 aromatic heterocycles. The summed E-state index contributed by atoms with van der Waals surface area (Å²) in [6.07, 6.45) is 1.28. The minimum atomic E-state index is 0.761. The third-order valence-corrected chi connectivity index (χ3v) is 3.29. The van der Waals surface area contributed by atoms with Gasteiger partial charge in [0.05, 0.1) is 0 Å². The van der Waals surface area contributed by atoms with E-state index in [0.717, 1.165) is 11.8 Å². The summed E-state index contributed by atoms with van der Waals surface area (Å²) in [5, 5.41) is 3.45. The summed E-state index contributed by atoms with van der Waals surface area (Å²) in [7, 11) is 0. The summed E-state index contributed by atoms with van der Waals surface area (Å²) in [6.45, 7) is 10.8. The van der Waals surface area contributed by atoms with E-state index in [-0.39, 0.29) is 0 Å². The Bertz CT molecular complexity index is 289. The molecular formula is C15H25N. The van der Waals surface area contributed by atoms with Crippen LogP contribution in [0.15, 0.2) is 24.3 Å². The average molecular weight is 219 g/mol. The van der Waals surface area contributed by atoms with Crippen LogP contribution >= 0.6 is 0 Å². The summed E-state index contributed by atoms with van der Waals surface area (Å²) in [6, 6.07) is 9.04. The van der Waals surface area contributed by atoms with Crippen LogP contribution in [0.3, 0.4) is 0 Å². The largest absolute Gasteiger partial charge is 0.316 e. The molecule has 1 aromatic rings. The Kier molecular flexibility index (Phi) is 5.54. The first kappa shape index (κ1) is 13.2. The van der Waals surface area contributed by atoms with E-state index in [1.807, 2.05) is 13.8 Å². The van der Waals surface area contributed by atoms with Crippen LogP contribution in [0.4, 0.5) is 0 Å². The van der Waals surface area contributed by atoms with Gasteiger partial charge in [0.2, 0.25) is 0 Å². The number of aryl methyl sites for hydroxylation is 1. The Balaban J connectivity index is 0.000000606. The van der Waals surface area contributed by atoms with Gasteiger partial charge in [0.1, 0.15) is 0 Å². The SMILES string of the molecule is CC.Cc1ccc(C2CCNCC2C)cc1. The summed E-state index contributed by atoms with van der Waals surface area (Å²) in [5.41, 5.74) is 2.87. The van der Waals surface area contributed by atoms with Gasteiger partial charge in [-0.3, -0.25) is 0 Å². The molecule has 1 nitrogen and oxygen atoms in total. The van der Waals surface area contributed by atoms with Gasteiger partial charge >= 0.3 is 0 Å². The van der Waals surface area contributed by atoms with Crippen LogP contribution < -0.4 is 5.32 Å². The molecular weight excluding hydrogens is 194 g/mol. The minimum absolute atomic E-state index is 0.761. The zero-order valence-electron chi connectivity index (χ0n) is 11.1. The Labute approximate surface area is 100 Å². The maximum absolute atomic E-state index is 3.45. The quantitative estimate of drug-likeness (QED) is 0.759. The van der Waals surface area contributed by atoms with Gasteiger partial charge in [0, 0.05) is 0 Å². The number of nitrogens with one attached hydrogen (secondary N) is 1. The van der Waals surface area contributed by atoms with Crippen molar-refractivity contribution < 1.29 is 0 Å². The monoisotopic (exact) mass is 219 g/mol. The molecule has 2 atom stereocenters. The smallest absolute Gasteiger partial charge is 0.00173 e. The molecule has 0 spiro atoms. The second-order valence-electron chi connectivity index (χ2n) is 4.49. The lowest BCUT2D eigenvalue weighted by molar-refractivity contribution is 0.349. The molecule has 1 aromatic carbocycles.